The Balaban J connectivity index is 3.09. The summed E-state index contributed by atoms with van der Waals surface area (Å²) in [5.74, 6) is 0.592. The molecule has 0 aromatic heterocycles. The maximum absolute atomic E-state index is 2.37. The molecule has 1 unspecified atom stereocenters. The molecular formula is C16H26. The van der Waals surface area contributed by atoms with Crippen LogP contribution < -0.4 is 0 Å². The van der Waals surface area contributed by atoms with Crippen LogP contribution in [0.25, 0.3) is 0 Å². The van der Waals surface area contributed by atoms with E-state index in [1.165, 1.54) is 11.1 Å². The van der Waals surface area contributed by atoms with Gasteiger partial charge in [0.05, 0.1) is 0 Å². The second kappa shape index (κ2) is 4.24. The Morgan fingerprint density at radius 3 is 1.94 bits per heavy atom. The molecular weight excluding hydrogens is 192 g/mol. The van der Waals surface area contributed by atoms with Gasteiger partial charge in [0.1, 0.15) is 0 Å². The SMILES string of the molecule is CC(c1cccc(C(C)(C)C)c1)C(C)(C)C. The van der Waals surface area contributed by atoms with Crippen LogP contribution in [0.4, 0.5) is 0 Å². The zero-order chi connectivity index (χ0) is 12.6. The highest BCUT2D eigenvalue weighted by atomic mass is 14.3. The Morgan fingerprint density at radius 1 is 0.938 bits per heavy atom. The van der Waals surface area contributed by atoms with Gasteiger partial charge in [0, 0.05) is 0 Å². The van der Waals surface area contributed by atoms with E-state index in [2.05, 4.69) is 72.7 Å². The van der Waals surface area contributed by atoms with Gasteiger partial charge in [0.2, 0.25) is 0 Å². The van der Waals surface area contributed by atoms with Crippen molar-refractivity contribution in [3.05, 3.63) is 35.4 Å². The van der Waals surface area contributed by atoms with Crippen LogP contribution in [-0.4, -0.2) is 0 Å². The molecule has 0 aliphatic rings. The van der Waals surface area contributed by atoms with Crippen molar-refractivity contribution in [3.8, 4) is 0 Å². The second-order valence-electron chi connectivity index (χ2n) is 6.96. The Labute approximate surface area is 101 Å². The molecule has 1 aromatic carbocycles. The first-order chi connectivity index (χ1) is 7.12. The van der Waals surface area contributed by atoms with Crippen LogP contribution in [0.5, 0.6) is 0 Å². The highest BCUT2D eigenvalue weighted by Gasteiger charge is 2.23. The minimum Gasteiger partial charge on any atom is -0.0617 e. The first-order valence-electron chi connectivity index (χ1n) is 6.23. The molecule has 0 nitrogen and oxygen atoms in total. The van der Waals surface area contributed by atoms with Crippen molar-refractivity contribution in [2.75, 3.05) is 0 Å². The number of hydrogen-bond donors (Lipinski definition) is 0. The van der Waals surface area contributed by atoms with Crippen molar-refractivity contribution in [3.63, 3.8) is 0 Å². The second-order valence-corrected chi connectivity index (χ2v) is 6.96. The van der Waals surface area contributed by atoms with Crippen molar-refractivity contribution in [1.29, 1.82) is 0 Å². The van der Waals surface area contributed by atoms with Gasteiger partial charge < -0.3 is 0 Å². The minimum absolute atomic E-state index is 0.244. The maximum Gasteiger partial charge on any atom is -0.0132 e. The zero-order valence-corrected chi connectivity index (χ0v) is 11.9. The topological polar surface area (TPSA) is 0 Å². The van der Waals surface area contributed by atoms with Crippen LogP contribution in [0.1, 0.15) is 65.5 Å². The Kier molecular flexibility index (Phi) is 3.52. The van der Waals surface area contributed by atoms with Crippen LogP contribution in [0, 0.1) is 5.41 Å². The molecule has 1 rings (SSSR count). The molecule has 1 atom stereocenters. The lowest BCUT2D eigenvalue weighted by Gasteiger charge is -2.29. The molecule has 0 aliphatic carbocycles. The van der Waals surface area contributed by atoms with E-state index in [1.54, 1.807) is 0 Å². The summed E-state index contributed by atoms with van der Waals surface area (Å²) in [6.07, 6.45) is 0. The van der Waals surface area contributed by atoms with Gasteiger partial charge in [-0.25, -0.2) is 0 Å². The first kappa shape index (κ1) is 13.3. The van der Waals surface area contributed by atoms with Crippen molar-refractivity contribution in [2.45, 2.75) is 59.8 Å². The quantitative estimate of drug-likeness (QED) is 0.612. The molecule has 0 aliphatic heterocycles. The van der Waals surface area contributed by atoms with Crippen molar-refractivity contribution in [1.82, 2.24) is 0 Å². The Hall–Kier alpha value is -0.780. The predicted molar refractivity (Wildman–Crippen MR) is 73.0 cm³/mol. The molecule has 90 valence electrons. The van der Waals surface area contributed by atoms with Crippen molar-refractivity contribution >= 4 is 0 Å². The van der Waals surface area contributed by atoms with E-state index in [0.29, 0.717) is 11.3 Å². The highest BCUT2D eigenvalue weighted by molar-refractivity contribution is 5.31. The predicted octanol–water partition coefficient (Wildman–Crippen LogP) is 5.13. The molecule has 0 heterocycles. The summed E-state index contributed by atoms with van der Waals surface area (Å²) in [5, 5.41) is 0. The summed E-state index contributed by atoms with van der Waals surface area (Å²) < 4.78 is 0. The summed E-state index contributed by atoms with van der Waals surface area (Å²) in [5.41, 5.74) is 3.46. The lowest BCUT2D eigenvalue weighted by Crippen LogP contribution is -2.17. The monoisotopic (exact) mass is 218 g/mol. The normalized spacial score (nSPS) is 14.9. The Bertz CT molecular complexity index is 347. The molecule has 0 N–H and O–H groups in total. The third-order valence-corrected chi connectivity index (χ3v) is 3.55. The zero-order valence-electron chi connectivity index (χ0n) is 11.9. The van der Waals surface area contributed by atoms with Gasteiger partial charge in [0.25, 0.3) is 0 Å². The summed E-state index contributed by atoms with van der Waals surface area (Å²) in [4.78, 5) is 0. The number of hydrogen-bond acceptors (Lipinski definition) is 0. The van der Waals surface area contributed by atoms with E-state index in [4.69, 9.17) is 0 Å². The average molecular weight is 218 g/mol. The standard InChI is InChI=1S/C16H26/c1-12(15(2,3)4)13-9-8-10-14(11-13)16(5,6)7/h8-12H,1-7H3. The fourth-order valence-electron chi connectivity index (χ4n) is 1.77. The van der Waals surface area contributed by atoms with Crippen LogP contribution in [0.2, 0.25) is 0 Å². The summed E-state index contributed by atoms with van der Waals surface area (Å²) in [6, 6.07) is 9.05. The third-order valence-electron chi connectivity index (χ3n) is 3.55. The van der Waals surface area contributed by atoms with Gasteiger partial charge in [0.15, 0.2) is 0 Å². The summed E-state index contributed by atoms with van der Waals surface area (Å²) in [7, 11) is 0. The lowest BCUT2D eigenvalue weighted by molar-refractivity contribution is 0.339. The molecule has 0 spiro atoms. The molecule has 0 saturated heterocycles. The summed E-state index contributed by atoms with van der Waals surface area (Å²) >= 11 is 0. The largest absolute Gasteiger partial charge is 0.0617 e. The fraction of sp³-hybridized carbons (Fsp3) is 0.625. The fourth-order valence-corrected chi connectivity index (χ4v) is 1.77. The average Bonchev–Trinajstić information content (AvgIpc) is 2.14. The molecule has 0 heteroatoms. The first-order valence-corrected chi connectivity index (χ1v) is 6.23. The van der Waals surface area contributed by atoms with Crippen LogP contribution in [0.15, 0.2) is 24.3 Å². The molecule has 16 heavy (non-hydrogen) atoms. The molecule has 0 saturated carbocycles. The van der Waals surface area contributed by atoms with Gasteiger partial charge in [-0.1, -0.05) is 72.7 Å². The highest BCUT2D eigenvalue weighted by Crippen LogP contribution is 2.35. The molecule has 0 fully saturated rings. The van der Waals surface area contributed by atoms with E-state index in [1.807, 2.05) is 0 Å². The number of rotatable bonds is 1. The van der Waals surface area contributed by atoms with E-state index >= 15 is 0 Å². The molecule has 0 radical (unpaired) electrons. The van der Waals surface area contributed by atoms with Gasteiger partial charge in [-0.2, -0.15) is 0 Å². The van der Waals surface area contributed by atoms with E-state index < -0.39 is 0 Å². The van der Waals surface area contributed by atoms with E-state index in [9.17, 15) is 0 Å². The van der Waals surface area contributed by atoms with Gasteiger partial charge >= 0.3 is 0 Å². The van der Waals surface area contributed by atoms with Crippen LogP contribution in [0.3, 0.4) is 0 Å². The lowest BCUT2D eigenvalue weighted by atomic mass is 9.76. The third kappa shape index (κ3) is 3.10. The maximum atomic E-state index is 2.37. The van der Waals surface area contributed by atoms with Crippen LogP contribution in [-0.2, 0) is 5.41 Å². The van der Waals surface area contributed by atoms with Crippen molar-refractivity contribution < 1.29 is 0 Å². The molecule has 0 bridgehead atoms. The van der Waals surface area contributed by atoms with Gasteiger partial charge in [-0.3, -0.25) is 0 Å². The molecule has 0 amide bonds. The van der Waals surface area contributed by atoms with Crippen LogP contribution >= 0.6 is 0 Å². The van der Waals surface area contributed by atoms with Gasteiger partial charge in [-0.05, 0) is 27.9 Å². The minimum atomic E-state index is 0.244. The summed E-state index contributed by atoms with van der Waals surface area (Å²) in [6.45, 7) is 16.1. The molecule has 1 aromatic rings. The Morgan fingerprint density at radius 2 is 1.50 bits per heavy atom. The van der Waals surface area contributed by atoms with E-state index in [0.717, 1.165) is 0 Å². The number of benzene rings is 1. The van der Waals surface area contributed by atoms with E-state index in [-0.39, 0.29) is 5.41 Å². The smallest absolute Gasteiger partial charge is 0.0132 e. The van der Waals surface area contributed by atoms with Gasteiger partial charge in [-0.15, -0.1) is 0 Å². The van der Waals surface area contributed by atoms with Crippen molar-refractivity contribution in [2.24, 2.45) is 5.41 Å².